The topological polar surface area (TPSA) is 29.5 Å². The first kappa shape index (κ1) is 9.53. The summed E-state index contributed by atoms with van der Waals surface area (Å²) in [5.41, 5.74) is 3.23. The van der Waals surface area contributed by atoms with E-state index in [2.05, 4.69) is 0 Å². The first-order valence-electron chi connectivity index (χ1n) is 5.11. The smallest absolute Gasteiger partial charge is 0.128 e. The Morgan fingerprint density at radius 3 is 2.79 bits per heavy atom. The van der Waals surface area contributed by atoms with Gasteiger partial charge in [-0.05, 0) is 37.8 Å². The van der Waals surface area contributed by atoms with Crippen LogP contribution < -0.4 is 4.74 Å². The van der Waals surface area contributed by atoms with Crippen LogP contribution in [-0.4, -0.2) is 11.7 Å². The Bertz CT molecular complexity index is 344. The van der Waals surface area contributed by atoms with Gasteiger partial charge < -0.3 is 9.84 Å². The SMILES string of the molecule is Cc1ccc(C)c2c1OCCCC2O. The molecular weight excluding hydrogens is 176 g/mol. The molecule has 0 aromatic heterocycles. The fraction of sp³-hybridized carbons (Fsp3) is 0.500. The second-order valence-electron chi connectivity index (χ2n) is 3.95. The largest absolute Gasteiger partial charge is 0.493 e. The van der Waals surface area contributed by atoms with Crippen molar-refractivity contribution in [2.24, 2.45) is 0 Å². The van der Waals surface area contributed by atoms with E-state index in [1.807, 2.05) is 26.0 Å². The number of hydrogen-bond acceptors (Lipinski definition) is 2. The maximum Gasteiger partial charge on any atom is 0.128 e. The van der Waals surface area contributed by atoms with Crippen LogP contribution in [0.2, 0.25) is 0 Å². The predicted molar refractivity (Wildman–Crippen MR) is 55.6 cm³/mol. The summed E-state index contributed by atoms with van der Waals surface area (Å²) in [6.45, 7) is 4.76. The molecule has 1 heterocycles. The summed E-state index contributed by atoms with van der Waals surface area (Å²) in [5, 5.41) is 9.97. The molecule has 0 saturated carbocycles. The highest BCUT2D eigenvalue weighted by Crippen LogP contribution is 2.36. The molecule has 0 bridgehead atoms. The molecule has 1 unspecified atom stereocenters. The molecule has 0 fully saturated rings. The van der Waals surface area contributed by atoms with Crippen LogP contribution in [-0.2, 0) is 0 Å². The lowest BCUT2D eigenvalue weighted by Gasteiger charge is -2.15. The van der Waals surface area contributed by atoms with E-state index in [0.717, 1.165) is 35.3 Å². The van der Waals surface area contributed by atoms with Crippen LogP contribution in [0.5, 0.6) is 5.75 Å². The van der Waals surface area contributed by atoms with Crippen molar-refractivity contribution in [3.8, 4) is 5.75 Å². The van der Waals surface area contributed by atoms with Crippen molar-refractivity contribution < 1.29 is 9.84 Å². The number of aliphatic hydroxyl groups is 1. The number of aliphatic hydroxyl groups excluding tert-OH is 1. The number of rotatable bonds is 0. The third-order valence-electron chi connectivity index (χ3n) is 2.81. The molecule has 0 radical (unpaired) electrons. The summed E-state index contributed by atoms with van der Waals surface area (Å²) >= 11 is 0. The van der Waals surface area contributed by atoms with E-state index in [9.17, 15) is 5.11 Å². The molecular formula is C12H16O2. The maximum absolute atomic E-state index is 9.97. The zero-order chi connectivity index (χ0) is 10.1. The minimum atomic E-state index is -0.354. The second kappa shape index (κ2) is 3.62. The van der Waals surface area contributed by atoms with E-state index >= 15 is 0 Å². The third-order valence-corrected chi connectivity index (χ3v) is 2.81. The molecule has 2 nitrogen and oxygen atoms in total. The molecule has 1 N–H and O–H groups in total. The zero-order valence-corrected chi connectivity index (χ0v) is 8.71. The van der Waals surface area contributed by atoms with Crippen molar-refractivity contribution >= 4 is 0 Å². The molecule has 14 heavy (non-hydrogen) atoms. The van der Waals surface area contributed by atoms with Gasteiger partial charge in [-0.25, -0.2) is 0 Å². The number of fused-ring (bicyclic) bond motifs is 1. The van der Waals surface area contributed by atoms with E-state index in [0.29, 0.717) is 6.61 Å². The van der Waals surface area contributed by atoms with Gasteiger partial charge in [-0.1, -0.05) is 12.1 Å². The van der Waals surface area contributed by atoms with Crippen LogP contribution in [0.3, 0.4) is 0 Å². The van der Waals surface area contributed by atoms with Gasteiger partial charge >= 0.3 is 0 Å². The fourth-order valence-corrected chi connectivity index (χ4v) is 2.01. The molecule has 1 atom stereocenters. The van der Waals surface area contributed by atoms with Crippen molar-refractivity contribution in [1.82, 2.24) is 0 Å². The highest BCUT2D eigenvalue weighted by Gasteiger charge is 2.20. The lowest BCUT2D eigenvalue weighted by atomic mass is 9.97. The van der Waals surface area contributed by atoms with Crippen LogP contribution in [0, 0.1) is 13.8 Å². The number of benzene rings is 1. The van der Waals surface area contributed by atoms with Crippen LogP contribution in [0.15, 0.2) is 12.1 Å². The van der Waals surface area contributed by atoms with Crippen molar-refractivity contribution in [2.75, 3.05) is 6.61 Å². The molecule has 2 heteroatoms. The van der Waals surface area contributed by atoms with Gasteiger partial charge in [0.25, 0.3) is 0 Å². The standard InChI is InChI=1S/C12H16O2/c1-8-5-6-9(2)12-11(8)10(13)4-3-7-14-12/h5-6,10,13H,3-4,7H2,1-2H3. The van der Waals surface area contributed by atoms with Gasteiger partial charge in [0.2, 0.25) is 0 Å². The third kappa shape index (κ3) is 1.50. The summed E-state index contributed by atoms with van der Waals surface area (Å²) < 4.78 is 5.67. The van der Waals surface area contributed by atoms with E-state index in [-0.39, 0.29) is 6.10 Å². The normalized spacial score (nSPS) is 20.9. The molecule has 0 spiro atoms. The average molecular weight is 192 g/mol. The van der Waals surface area contributed by atoms with E-state index in [1.165, 1.54) is 0 Å². The van der Waals surface area contributed by atoms with Crippen LogP contribution in [0.4, 0.5) is 0 Å². The van der Waals surface area contributed by atoms with E-state index in [4.69, 9.17) is 4.74 Å². The monoisotopic (exact) mass is 192 g/mol. The summed E-state index contributed by atoms with van der Waals surface area (Å²) in [6.07, 6.45) is 1.37. The zero-order valence-electron chi connectivity index (χ0n) is 8.71. The Kier molecular flexibility index (Phi) is 2.46. The van der Waals surface area contributed by atoms with Crippen molar-refractivity contribution in [2.45, 2.75) is 32.8 Å². The Hall–Kier alpha value is -1.02. The molecule has 0 amide bonds. The molecule has 2 rings (SSSR count). The highest BCUT2D eigenvalue weighted by molar-refractivity contribution is 5.47. The molecule has 1 aliphatic heterocycles. The Morgan fingerprint density at radius 1 is 1.29 bits per heavy atom. The molecule has 1 aromatic carbocycles. The van der Waals surface area contributed by atoms with E-state index in [1.54, 1.807) is 0 Å². The van der Waals surface area contributed by atoms with Crippen LogP contribution >= 0.6 is 0 Å². The quantitative estimate of drug-likeness (QED) is 0.684. The Labute approximate surface area is 84.5 Å². The predicted octanol–water partition coefficient (Wildman–Crippen LogP) is 2.51. The molecule has 0 aliphatic carbocycles. The molecule has 1 aromatic rings. The minimum Gasteiger partial charge on any atom is -0.493 e. The average Bonchev–Trinajstić information content (AvgIpc) is 2.35. The van der Waals surface area contributed by atoms with E-state index < -0.39 is 0 Å². The summed E-state index contributed by atoms with van der Waals surface area (Å²) in [6, 6.07) is 4.10. The van der Waals surface area contributed by atoms with Crippen molar-refractivity contribution in [3.05, 3.63) is 28.8 Å². The minimum absolute atomic E-state index is 0.354. The van der Waals surface area contributed by atoms with Gasteiger partial charge in [-0.2, -0.15) is 0 Å². The highest BCUT2D eigenvalue weighted by atomic mass is 16.5. The van der Waals surface area contributed by atoms with Gasteiger partial charge in [0.1, 0.15) is 5.75 Å². The molecule has 1 aliphatic rings. The maximum atomic E-state index is 9.97. The van der Waals surface area contributed by atoms with Gasteiger partial charge in [0.15, 0.2) is 0 Å². The number of ether oxygens (including phenoxy) is 1. The van der Waals surface area contributed by atoms with Crippen LogP contribution in [0.1, 0.15) is 35.6 Å². The first-order chi connectivity index (χ1) is 6.70. The lowest BCUT2D eigenvalue weighted by Crippen LogP contribution is -2.01. The van der Waals surface area contributed by atoms with Crippen LogP contribution in [0.25, 0.3) is 0 Å². The molecule has 0 saturated heterocycles. The van der Waals surface area contributed by atoms with Gasteiger partial charge in [-0.3, -0.25) is 0 Å². The first-order valence-corrected chi connectivity index (χ1v) is 5.11. The van der Waals surface area contributed by atoms with Crippen molar-refractivity contribution in [3.63, 3.8) is 0 Å². The molecule has 76 valence electrons. The fourth-order valence-electron chi connectivity index (χ4n) is 2.01. The van der Waals surface area contributed by atoms with Crippen molar-refractivity contribution in [1.29, 1.82) is 0 Å². The second-order valence-corrected chi connectivity index (χ2v) is 3.95. The van der Waals surface area contributed by atoms with Gasteiger partial charge in [0.05, 0.1) is 12.7 Å². The summed E-state index contributed by atoms with van der Waals surface area (Å²) in [4.78, 5) is 0. The Balaban J connectivity index is 2.57. The lowest BCUT2D eigenvalue weighted by molar-refractivity contribution is 0.167. The van der Waals surface area contributed by atoms with Gasteiger partial charge in [-0.15, -0.1) is 0 Å². The summed E-state index contributed by atoms with van der Waals surface area (Å²) in [7, 11) is 0. The Morgan fingerprint density at radius 2 is 2.00 bits per heavy atom. The number of hydrogen-bond donors (Lipinski definition) is 1. The van der Waals surface area contributed by atoms with Gasteiger partial charge in [0, 0.05) is 5.56 Å². The summed E-state index contributed by atoms with van der Waals surface area (Å²) in [5.74, 6) is 0.898. The number of aryl methyl sites for hydroxylation is 2.